The quantitative estimate of drug-likeness (QED) is 0.0784. The number of carbonyl (C=O) groups is 4. The molecule has 0 heterocycles. The molecule has 0 aliphatic carbocycles. The van der Waals surface area contributed by atoms with Crippen LogP contribution in [-0.4, -0.2) is 75.3 Å². The van der Waals surface area contributed by atoms with Crippen LogP contribution >= 0.6 is 50.5 Å². The first kappa shape index (κ1) is 45.5. The molecule has 234 valence electrons. The van der Waals surface area contributed by atoms with Crippen molar-refractivity contribution in [3.8, 4) is 0 Å². The summed E-state index contributed by atoms with van der Waals surface area (Å²) in [4.78, 5) is 45.4. The Morgan fingerprint density at radius 2 is 0.955 bits per heavy atom. The average Bonchev–Trinajstić information content (AvgIpc) is 2.94. The van der Waals surface area contributed by atoms with Crippen molar-refractivity contribution in [3.05, 3.63) is 59.7 Å². The number of aromatic carboxylic acids is 2. The van der Waals surface area contributed by atoms with Crippen LogP contribution in [0.15, 0.2) is 48.5 Å². The van der Waals surface area contributed by atoms with Crippen LogP contribution in [0.25, 0.3) is 0 Å². The van der Waals surface area contributed by atoms with Gasteiger partial charge in [-0.05, 0) is 62.2 Å². The van der Waals surface area contributed by atoms with Crippen molar-refractivity contribution in [2.45, 2.75) is 74.7 Å². The van der Waals surface area contributed by atoms with E-state index in [0.717, 1.165) is 62.9 Å². The number of rotatable bonds is 18. The van der Waals surface area contributed by atoms with Gasteiger partial charge in [-0.25, -0.2) is 0 Å². The third kappa shape index (κ3) is 20.5. The van der Waals surface area contributed by atoms with Crippen LogP contribution in [0.3, 0.4) is 0 Å². The number of hydrogen-bond acceptors (Lipinski definition) is 10. The van der Waals surface area contributed by atoms with Gasteiger partial charge in [0.15, 0.2) is 0 Å². The summed E-state index contributed by atoms with van der Waals surface area (Å²) in [5.74, 6) is -1.34. The molecule has 0 radical (unpaired) electrons. The smallest absolute Gasteiger partial charge is 2.00 e. The molecule has 0 bridgehead atoms. The molecule has 0 saturated carbocycles. The predicted octanol–water partition coefficient (Wildman–Crippen LogP) is 3.68. The summed E-state index contributed by atoms with van der Waals surface area (Å²) >= 11 is 17.2. The molecular formula is C30H41N2NaO6S4Zn. The fourth-order valence-electron chi connectivity index (χ4n) is 3.88. The summed E-state index contributed by atoms with van der Waals surface area (Å²) in [5.41, 5.74) is 0.555. The van der Waals surface area contributed by atoms with Crippen LogP contribution in [0.4, 0.5) is 11.4 Å². The minimum Gasteiger partial charge on any atom is 2.00 e. The Morgan fingerprint density at radius 3 is 1.27 bits per heavy atom. The summed E-state index contributed by atoms with van der Waals surface area (Å²) < 4.78 is 0. The SMILES string of the molecule is O=C(CCCCC(S)CCS)Nc1ccccc1C(=O)[O-].O=C(CCCCC(S)CCS)Nc1ccccc1C(=O)[O-].[NaH].[Zn+2]. The second-order valence-corrected chi connectivity index (χ2v) is 11.9. The zero-order valence-electron chi connectivity index (χ0n) is 24.2. The van der Waals surface area contributed by atoms with E-state index in [0.29, 0.717) is 23.3 Å². The number of amides is 2. The number of hydrogen-bond donors (Lipinski definition) is 6. The number of para-hydroxylation sites is 2. The fraction of sp³-hybridized carbons (Fsp3) is 0.467. The van der Waals surface area contributed by atoms with Crippen LogP contribution in [0, 0.1) is 0 Å². The van der Waals surface area contributed by atoms with Crippen molar-refractivity contribution >= 4 is 115 Å². The Labute approximate surface area is 317 Å². The number of anilines is 2. The molecule has 0 aliphatic heterocycles. The molecule has 0 saturated heterocycles. The molecule has 0 aliphatic rings. The molecule has 0 spiro atoms. The van der Waals surface area contributed by atoms with Gasteiger partial charge < -0.3 is 30.4 Å². The van der Waals surface area contributed by atoms with Crippen LogP contribution < -0.4 is 20.8 Å². The minimum atomic E-state index is -1.30. The second kappa shape index (κ2) is 27.5. The molecule has 0 fully saturated rings. The molecule has 2 unspecified atom stereocenters. The Kier molecular flexibility index (Phi) is 28.4. The van der Waals surface area contributed by atoms with Crippen molar-refractivity contribution < 1.29 is 48.9 Å². The van der Waals surface area contributed by atoms with Crippen molar-refractivity contribution in [2.75, 3.05) is 22.1 Å². The van der Waals surface area contributed by atoms with Crippen molar-refractivity contribution in [3.63, 3.8) is 0 Å². The van der Waals surface area contributed by atoms with E-state index in [1.807, 2.05) is 0 Å². The van der Waals surface area contributed by atoms with Gasteiger partial charge in [0.25, 0.3) is 0 Å². The number of carboxylic acid groups (broad SMARTS) is 2. The topological polar surface area (TPSA) is 138 Å². The first-order valence-corrected chi connectivity index (χ1v) is 16.2. The maximum absolute atomic E-state index is 11.8. The maximum Gasteiger partial charge on any atom is 2.00 e. The van der Waals surface area contributed by atoms with E-state index in [1.54, 1.807) is 36.4 Å². The standard InChI is InChI=1S/2C15H21NO3S2.Na.Zn.H/c2*17-14(8-4-1-5-11(21)9-10-20)16-13-7-3-2-6-12(13)15(18)19;;;/h2*2-3,6-7,11,20-21H,1,4-5,8-10H2,(H,16,17)(H,18,19);;;/q;;;+2;/p-2. The third-order valence-electron chi connectivity index (χ3n) is 6.15. The summed E-state index contributed by atoms with van der Waals surface area (Å²) in [6, 6.07) is 12.5. The Bertz CT molecular complexity index is 1060. The third-order valence-corrected chi connectivity index (χ3v) is 7.70. The van der Waals surface area contributed by atoms with Crippen LogP contribution in [0.1, 0.15) is 84.9 Å². The molecule has 44 heavy (non-hydrogen) atoms. The predicted molar refractivity (Wildman–Crippen MR) is 185 cm³/mol. The zero-order valence-corrected chi connectivity index (χ0v) is 30.7. The zero-order chi connectivity index (χ0) is 31.3. The van der Waals surface area contributed by atoms with E-state index >= 15 is 0 Å². The molecule has 2 aromatic rings. The first-order chi connectivity index (χ1) is 20.1. The van der Waals surface area contributed by atoms with E-state index in [2.05, 4.69) is 61.1 Å². The molecule has 2 amide bonds. The Morgan fingerprint density at radius 1 is 0.614 bits per heavy atom. The van der Waals surface area contributed by atoms with Gasteiger partial charge in [0.05, 0.1) is 11.9 Å². The van der Waals surface area contributed by atoms with E-state index in [-0.39, 0.29) is 83.4 Å². The number of unbranched alkanes of at least 4 members (excludes halogenated alkanes) is 2. The van der Waals surface area contributed by atoms with Gasteiger partial charge in [-0.15, -0.1) is 0 Å². The maximum atomic E-state index is 11.8. The summed E-state index contributed by atoms with van der Waals surface area (Å²) in [7, 11) is 0. The minimum absolute atomic E-state index is 0. The van der Waals surface area contributed by atoms with Gasteiger partial charge in [-0.2, -0.15) is 50.5 Å². The van der Waals surface area contributed by atoms with E-state index in [9.17, 15) is 29.4 Å². The molecule has 14 heteroatoms. The second-order valence-electron chi connectivity index (χ2n) is 9.59. The van der Waals surface area contributed by atoms with Gasteiger partial charge >= 0.3 is 49.0 Å². The summed E-state index contributed by atoms with van der Waals surface area (Å²) in [6.45, 7) is 0. The summed E-state index contributed by atoms with van der Waals surface area (Å²) in [6.07, 6.45) is 7.88. The number of thiol groups is 4. The Balaban J connectivity index is 0. The van der Waals surface area contributed by atoms with Crippen molar-refractivity contribution in [1.29, 1.82) is 0 Å². The molecule has 0 aromatic heterocycles. The summed E-state index contributed by atoms with van der Waals surface area (Å²) in [5, 5.41) is 27.7. The number of carboxylic acids is 2. The van der Waals surface area contributed by atoms with Crippen molar-refractivity contribution in [2.24, 2.45) is 0 Å². The Hall–Kier alpha value is -0.657. The number of benzene rings is 2. The van der Waals surface area contributed by atoms with Crippen LogP contribution in [0.2, 0.25) is 0 Å². The van der Waals surface area contributed by atoms with Gasteiger partial charge in [0.2, 0.25) is 11.8 Å². The molecule has 2 aromatic carbocycles. The molecule has 8 nitrogen and oxygen atoms in total. The molecule has 2 rings (SSSR count). The van der Waals surface area contributed by atoms with Gasteiger partial charge in [-0.3, -0.25) is 9.59 Å². The first-order valence-electron chi connectivity index (χ1n) is 13.9. The van der Waals surface area contributed by atoms with E-state index in [4.69, 9.17) is 0 Å². The number of nitrogens with one attached hydrogen (secondary N) is 2. The normalized spacial score (nSPS) is 11.4. The van der Waals surface area contributed by atoms with Gasteiger partial charge in [0, 0.05) is 45.8 Å². The number of carbonyl (C=O) groups excluding carboxylic acids is 4. The largest absolute Gasteiger partial charge is 2.00 e. The molecule has 2 N–H and O–H groups in total. The van der Waals surface area contributed by atoms with E-state index in [1.165, 1.54) is 12.1 Å². The monoisotopic (exact) mass is 740 g/mol. The van der Waals surface area contributed by atoms with E-state index < -0.39 is 11.9 Å². The fourth-order valence-corrected chi connectivity index (χ4v) is 5.54. The average molecular weight is 742 g/mol. The van der Waals surface area contributed by atoms with Gasteiger partial charge in [-0.1, -0.05) is 49.2 Å². The molecular weight excluding hydrogens is 701 g/mol. The molecule has 2 atom stereocenters. The van der Waals surface area contributed by atoms with Crippen molar-refractivity contribution in [1.82, 2.24) is 0 Å². The van der Waals surface area contributed by atoms with Crippen LogP contribution in [-0.2, 0) is 29.1 Å². The van der Waals surface area contributed by atoms with Crippen LogP contribution in [0.5, 0.6) is 0 Å². The van der Waals surface area contributed by atoms with Gasteiger partial charge in [0.1, 0.15) is 0 Å².